The summed E-state index contributed by atoms with van der Waals surface area (Å²) < 4.78 is 0. The zero-order valence-corrected chi connectivity index (χ0v) is 13.9. The Hall–Kier alpha value is -0.850. The zero-order valence-electron chi connectivity index (χ0n) is 13.2. The molecule has 0 spiro atoms. The predicted octanol–water partition coefficient (Wildman–Crippen LogP) is 1.23. The van der Waals surface area contributed by atoms with Crippen LogP contribution in [0.25, 0.3) is 0 Å². The van der Waals surface area contributed by atoms with Crippen LogP contribution in [0.5, 0.6) is 0 Å². The van der Waals surface area contributed by atoms with Crippen LogP contribution in [0.4, 0.5) is 0 Å². The van der Waals surface area contributed by atoms with Gasteiger partial charge in [0.15, 0.2) is 0 Å². The van der Waals surface area contributed by atoms with Gasteiger partial charge in [-0.15, -0.1) is 11.6 Å². The minimum atomic E-state index is -0.783. The van der Waals surface area contributed by atoms with Crippen molar-refractivity contribution >= 4 is 23.5 Å². The first-order valence-electron chi connectivity index (χ1n) is 8.51. The Labute approximate surface area is 141 Å². The maximum Gasteiger partial charge on any atom is 0.320 e. The highest BCUT2D eigenvalue weighted by molar-refractivity contribution is 6.21. The van der Waals surface area contributed by atoms with Gasteiger partial charge in [-0.3, -0.25) is 14.5 Å². The van der Waals surface area contributed by atoms with E-state index in [1.54, 1.807) is 0 Å². The molecule has 7 heteroatoms. The van der Waals surface area contributed by atoms with Gasteiger partial charge in [0.1, 0.15) is 12.1 Å². The van der Waals surface area contributed by atoms with Crippen LogP contribution in [-0.4, -0.2) is 64.1 Å². The number of hydrogen-bond acceptors (Lipinski definition) is 4. The number of nitrogens with zero attached hydrogens (tertiary/aromatic N) is 1. The number of aliphatic carboxylic acids is 2. The Balaban J connectivity index is 1.57. The molecule has 6 nitrogen and oxygen atoms in total. The monoisotopic (exact) mass is 344 g/mol. The molecule has 130 valence electrons. The lowest BCUT2D eigenvalue weighted by Gasteiger charge is -2.42. The highest BCUT2D eigenvalue weighted by atomic mass is 35.5. The molecule has 2 saturated heterocycles. The number of halogens is 1. The number of fused-ring (bicyclic) bond motifs is 1. The molecule has 0 amide bonds. The van der Waals surface area contributed by atoms with Crippen molar-refractivity contribution in [3.8, 4) is 0 Å². The summed E-state index contributed by atoms with van der Waals surface area (Å²) in [6.45, 7) is 2.20. The van der Waals surface area contributed by atoms with Crippen LogP contribution in [0.1, 0.15) is 32.1 Å². The summed E-state index contributed by atoms with van der Waals surface area (Å²) in [6.07, 6.45) is 4.41. The normalized spacial score (nSPS) is 41.4. The van der Waals surface area contributed by atoms with E-state index in [2.05, 4.69) is 5.32 Å². The van der Waals surface area contributed by atoms with Crippen LogP contribution < -0.4 is 5.32 Å². The van der Waals surface area contributed by atoms with E-state index in [-0.39, 0.29) is 5.38 Å². The van der Waals surface area contributed by atoms with Crippen LogP contribution in [0, 0.1) is 17.8 Å². The Morgan fingerprint density at radius 1 is 1.09 bits per heavy atom. The summed E-state index contributed by atoms with van der Waals surface area (Å²) in [6, 6.07) is -0.893. The van der Waals surface area contributed by atoms with Crippen molar-refractivity contribution < 1.29 is 19.8 Å². The second-order valence-electron chi connectivity index (χ2n) is 7.37. The lowest BCUT2D eigenvalue weighted by atomic mass is 9.69. The maximum absolute atomic E-state index is 11.4. The highest BCUT2D eigenvalue weighted by Crippen LogP contribution is 2.39. The van der Waals surface area contributed by atoms with Crippen molar-refractivity contribution in [2.45, 2.75) is 49.6 Å². The molecule has 3 N–H and O–H groups in total. The molecule has 3 rings (SSSR count). The zero-order chi connectivity index (χ0) is 16.6. The summed E-state index contributed by atoms with van der Waals surface area (Å²) in [5.74, 6) is -0.0893. The van der Waals surface area contributed by atoms with Crippen LogP contribution >= 0.6 is 11.6 Å². The van der Waals surface area contributed by atoms with Gasteiger partial charge in [0.25, 0.3) is 0 Å². The van der Waals surface area contributed by atoms with Crippen molar-refractivity contribution in [2.75, 3.05) is 19.6 Å². The van der Waals surface area contributed by atoms with E-state index in [0.717, 1.165) is 32.4 Å². The molecule has 23 heavy (non-hydrogen) atoms. The van der Waals surface area contributed by atoms with Gasteiger partial charge in [-0.2, -0.15) is 0 Å². The maximum atomic E-state index is 11.4. The number of carbonyl (C=O) groups is 2. The van der Waals surface area contributed by atoms with Crippen molar-refractivity contribution in [2.24, 2.45) is 17.8 Å². The molecule has 0 aromatic rings. The summed E-state index contributed by atoms with van der Waals surface area (Å²) in [5.41, 5.74) is 0. The number of nitrogens with one attached hydrogen (secondary N) is 1. The van der Waals surface area contributed by atoms with Gasteiger partial charge < -0.3 is 15.5 Å². The quantitative estimate of drug-likeness (QED) is 0.665. The Bertz CT molecular complexity index is 475. The molecule has 3 fully saturated rings. The van der Waals surface area contributed by atoms with Crippen LogP contribution in [-0.2, 0) is 9.59 Å². The van der Waals surface area contributed by atoms with E-state index in [1.807, 2.05) is 4.90 Å². The molecular weight excluding hydrogens is 320 g/mol. The molecule has 2 heterocycles. The summed E-state index contributed by atoms with van der Waals surface area (Å²) in [7, 11) is 0. The molecule has 2 aliphatic heterocycles. The number of likely N-dealkylation sites (tertiary alicyclic amines) is 1. The number of hydrogen-bond donors (Lipinski definition) is 3. The van der Waals surface area contributed by atoms with E-state index in [1.165, 1.54) is 0 Å². The topological polar surface area (TPSA) is 89.9 Å². The summed E-state index contributed by atoms with van der Waals surface area (Å²) in [4.78, 5) is 24.6. The molecule has 0 aromatic carbocycles. The predicted molar refractivity (Wildman–Crippen MR) is 85.6 cm³/mol. The fraction of sp³-hybridized carbons (Fsp3) is 0.875. The van der Waals surface area contributed by atoms with Gasteiger partial charge in [-0.1, -0.05) is 0 Å². The molecular formula is C16H25ClN2O4. The SMILES string of the molecule is O=C(O)C1CC2CC(CN3C[C@@H](Cl)C[C@H]3C(=O)O)CCC2CN1. The van der Waals surface area contributed by atoms with Gasteiger partial charge >= 0.3 is 11.9 Å². The van der Waals surface area contributed by atoms with E-state index < -0.39 is 24.0 Å². The Kier molecular flexibility index (Phi) is 5.13. The highest BCUT2D eigenvalue weighted by Gasteiger charge is 2.41. The fourth-order valence-electron chi connectivity index (χ4n) is 4.65. The number of piperidine rings is 1. The van der Waals surface area contributed by atoms with Crippen LogP contribution in [0.3, 0.4) is 0 Å². The van der Waals surface area contributed by atoms with Gasteiger partial charge in [-0.05, 0) is 56.4 Å². The molecule has 1 aliphatic carbocycles. The van der Waals surface area contributed by atoms with Gasteiger partial charge in [-0.25, -0.2) is 0 Å². The lowest BCUT2D eigenvalue weighted by molar-refractivity contribution is -0.143. The third-order valence-corrected chi connectivity index (χ3v) is 6.16. The molecule has 6 atom stereocenters. The minimum absolute atomic E-state index is 0.0808. The van der Waals surface area contributed by atoms with Gasteiger partial charge in [0.2, 0.25) is 0 Å². The first kappa shape index (κ1) is 17.0. The number of carboxylic acid groups (broad SMARTS) is 2. The van der Waals surface area contributed by atoms with Crippen molar-refractivity contribution in [1.29, 1.82) is 0 Å². The van der Waals surface area contributed by atoms with Crippen molar-refractivity contribution in [3.63, 3.8) is 0 Å². The first-order valence-corrected chi connectivity index (χ1v) is 8.94. The largest absolute Gasteiger partial charge is 0.480 e. The average Bonchev–Trinajstić information content (AvgIpc) is 2.87. The molecule has 4 unspecified atom stereocenters. The number of carboxylic acids is 2. The smallest absolute Gasteiger partial charge is 0.320 e. The van der Waals surface area contributed by atoms with E-state index in [4.69, 9.17) is 11.6 Å². The molecule has 0 bridgehead atoms. The number of rotatable bonds is 4. The minimum Gasteiger partial charge on any atom is -0.480 e. The summed E-state index contributed by atoms with van der Waals surface area (Å²) >= 11 is 6.15. The standard InChI is InChI=1S/C16H25ClN2O4/c17-12-5-14(16(22)23)19(8-12)7-9-1-2-10-6-18-13(15(20)21)4-11(10)3-9/h9-14,18H,1-8H2,(H,20,21)(H,22,23)/t9?,10?,11?,12-,13?,14-/m0/s1. The molecule has 1 saturated carbocycles. The molecule has 0 aromatic heterocycles. The first-order chi connectivity index (χ1) is 10.9. The van der Waals surface area contributed by atoms with E-state index in [9.17, 15) is 19.8 Å². The fourth-order valence-corrected chi connectivity index (χ4v) is 5.00. The average molecular weight is 345 g/mol. The van der Waals surface area contributed by atoms with Gasteiger partial charge in [0.05, 0.1) is 0 Å². The van der Waals surface area contributed by atoms with Crippen LogP contribution in [0.2, 0.25) is 0 Å². The van der Waals surface area contributed by atoms with Crippen molar-refractivity contribution in [1.82, 2.24) is 10.2 Å². The van der Waals surface area contributed by atoms with Crippen LogP contribution in [0.15, 0.2) is 0 Å². The van der Waals surface area contributed by atoms with E-state index in [0.29, 0.717) is 37.1 Å². The Morgan fingerprint density at radius 2 is 1.87 bits per heavy atom. The summed E-state index contributed by atoms with van der Waals surface area (Å²) in [5, 5.41) is 21.6. The number of alkyl halides is 1. The van der Waals surface area contributed by atoms with E-state index >= 15 is 0 Å². The molecule has 3 aliphatic rings. The second kappa shape index (κ2) is 6.95. The lowest BCUT2D eigenvalue weighted by Crippen LogP contribution is -2.50. The van der Waals surface area contributed by atoms with Crippen molar-refractivity contribution in [3.05, 3.63) is 0 Å². The third-order valence-electron chi connectivity index (χ3n) is 5.84. The second-order valence-corrected chi connectivity index (χ2v) is 7.99. The Morgan fingerprint density at radius 3 is 2.57 bits per heavy atom. The van der Waals surface area contributed by atoms with Gasteiger partial charge in [0, 0.05) is 18.5 Å². The molecule has 0 radical (unpaired) electrons. The third kappa shape index (κ3) is 3.80.